The molecule has 3 heterocycles. The van der Waals surface area contributed by atoms with Crippen LogP contribution < -0.4 is 10.1 Å². The molecule has 32 heavy (non-hydrogen) atoms. The minimum absolute atomic E-state index is 0.0496. The first-order chi connectivity index (χ1) is 15.7. The Morgan fingerprint density at radius 3 is 3.00 bits per heavy atom. The maximum Gasteiger partial charge on any atom is 0.135 e. The van der Waals surface area contributed by atoms with E-state index in [0.29, 0.717) is 25.2 Å². The summed E-state index contributed by atoms with van der Waals surface area (Å²) in [4.78, 5) is 2.60. The van der Waals surface area contributed by atoms with Crippen LogP contribution in [0.2, 0.25) is 0 Å². The third-order valence-electron chi connectivity index (χ3n) is 8.95. The molecule has 6 atom stereocenters. The Bertz CT molecular complexity index is 1010. The van der Waals surface area contributed by atoms with Crippen molar-refractivity contribution >= 4 is 5.69 Å². The van der Waals surface area contributed by atoms with E-state index in [9.17, 15) is 0 Å². The van der Waals surface area contributed by atoms with Gasteiger partial charge in [-0.3, -0.25) is 0 Å². The maximum absolute atomic E-state index is 6.74. The topological polar surface area (TPSA) is 43.0 Å². The highest BCUT2D eigenvalue weighted by atomic mass is 16.6. The molecule has 1 N–H and O–H groups in total. The van der Waals surface area contributed by atoms with Crippen LogP contribution >= 0.6 is 0 Å². The molecule has 0 radical (unpaired) electrons. The van der Waals surface area contributed by atoms with Gasteiger partial charge in [-0.25, -0.2) is 0 Å². The third-order valence-corrected chi connectivity index (χ3v) is 8.95. The lowest BCUT2D eigenvalue weighted by Gasteiger charge is -2.59. The quantitative estimate of drug-likeness (QED) is 0.800. The van der Waals surface area contributed by atoms with Crippen LogP contribution in [0.3, 0.4) is 0 Å². The predicted octanol–water partition coefficient (Wildman–Crippen LogP) is 3.75. The lowest BCUT2D eigenvalue weighted by Crippen LogP contribution is -2.66. The van der Waals surface area contributed by atoms with E-state index in [1.807, 2.05) is 0 Å². The summed E-state index contributed by atoms with van der Waals surface area (Å²) in [6.07, 6.45) is 4.95. The Balaban J connectivity index is 1.13. The van der Waals surface area contributed by atoms with Gasteiger partial charge in [-0.05, 0) is 62.9 Å². The maximum atomic E-state index is 6.74. The van der Waals surface area contributed by atoms with E-state index < -0.39 is 0 Å². The summed E-state index contributed by atoms with van der Waals surface area (Å²) in [5, 5.41) is 3.54. The van der Waals surface area contributed by atoms with Gasteiger partial charge in [0.15, 0.2) is 0 Å². The van der Waals surface area contributed by atoms with Crippen molar-refractivity contribution in [1.29, 1.82) is 0 Å². The highest BCUT2D eigenvalue weighted by Crippen LogP contribution is 2.62. The molecule has 7 rings (SSSR count). The first-order valence-corrected chi connectivity index (χ1v) is 12.3. The second kappa shape index (κ2) is 7.21. The number of nitrogens with zero attached hydrogens (tertiary/aromatic N) is 1. The standard InChI is InChI=1S/C27H32N2O3/c1-29-12-11-27-20-9-10-24(26(27)32-23-8-4-6-17(25(23)27)13-22(20)29)31-16-19-14-28-21-7-3-2-5-18(21)15-30-19/h2-8,19-20,22,24,26,28H,9-16H2,1H3/t19?,20-,22+,24-,26+,27-/m0/s1. The molecule has 2 bridgehead atoms. The Morgan fingerprint density at radius 1 is 1.12 bits per heavy atom. The zero-order valence-corrected chi connectivity index (χ0v) is 18.8. The fourth-order valence-electron chi connectivity index (χ4n) is 7.48. The van der Waals surface area contributed by atoms with Crippen LogP contribution in [0, 0.1) is 5.92 Å². The molecule has 1 saturated heterocycles. The molecule has 1 saturated carbocycles. The smallest absolute Gasteiger partial charge is 0.135 e. The van der Waals surface area contributed by atoms with E-state index in [4.69, 9.17) is 14.2 Å². The van der Waals surface area contributed by atoms with Gasteiger partial charge in [0, 0.05) is 34.8 Å². The summed E-state index contributed by atoms with van der Waals surface area (Å²) in [7, 11) is 2.31. The van der Waals surface area contributed by atoms with Gasteiger partial charge >= 0.3 is 0 Å². The number of likely N-dealkylation sites (tertiary alicyclic amines) is 1. The molecule has 1 spiro atoms. The van der Waals surface area contributed by atoms with Crippen molar-refractivity contribution < 1.29 is 14.2 Å². The number of nitrogens with one attached hydrogen (secondary N) is 1. The summed E-state index contributed by atoms with van der Waals surface area (Å²) in [5.41, 5.74) is 5.55. The van der Waals surface area contributed by atoms with Crippen molar-refractivity contribution in [2.75, 3.05) is 32.1 Å². The molecule has 2 fully saturated rings. The summed E-state index contributed by atoms with van der Waals surface area (Å²) in [6, 6.07) is 15.7. The van der Waals surface area contributed by atoms with E-state index in [-0.39, 0.29) is 23.7 Å². The predicted molar refractivity (Wildman–Crippen MR) is 123 cm³/mol. The highest BCUT2D eigenvalue weighted by molar-refractivity contribution is 5.55. The normalized spacial score (nSPS) is 37.0. The van der Waals surface area contributed by atoms with E-state index in [0.717, 1.165) is 31.7 Å². The van der Waals surface area contributed by atoms with Gasteiger partial charge in [-0.2, -0.15) is 0 Å². The minimum atomic E-state index is 0.0496. The first kappa shape index (κ1) is 19.4. The number of fused-ring (bicyclic) bond motifs is 1. The fourth-order valence-corrected chi connectivity index (χ4v) is 7.48. The Morgan fingerprint density at radius 2 is 2.03 bits per heavy atom. The Hall–Kier alpha value is -2.08. The molecule has 5 nitrogen and oxygen atoms in total. The largest absolute Gasteiger partial charge is 0.486 e. The van der Waals surface area contributed by atoms with Crippen molar-refractivity contribution in [3.8, 4) is 5.75 Å². The fraction of sp³-hybridized carbons (Fsp3) is 0.556. The summed E-state index contributed by atoms with van der Waals surface area (Å²) in [5.74, 6) is 1.80. The number of benzene rings is 2. The van der Waals surface area contributed by atoms with E-state index in [1.54, 1.807) is 0 Å². The molecule has 3 aliphatic heterocycles. The highest BCUT2D eigenvalue weighted by Gasteiger charge is 2.65. The van der Waals surface area contributed by atoms with Crippen LogP contribution in [0.25, 0.3) is 0 Å². The van der Waals surface area contributed by atoms with Crippen LogP contribution in [0.4, 0.5) is 5.69 Å². The lowest BCUT2D eigenvalue weighted by molar-refractivity contribution is -0.137. The van der Waals surface area contributed by atoms with Gasteiger partial charge in [0.25, 0.3) is 0 Å². The van der Waals surface area contributed by atoms with Crippen molar-refractivity contribution in [3.63, 3.8) is 0 Å². The van der Waals surface area contributed by atoms with Gasteiger partial charge < -0.3 is 24.4 Å². The monoisotopic (exact) mass is 432 g/mol. The SMILES string of the molecule is CN1CC[C@]23c4c5cccc4O[C@@H]2[C@@H](OCC2CNc4ccccc4CO2)CC[C@H]3[C@H]1C5. The van der Waals surface area contributed by atoms with Crippen LogP contribution in [0.15, 0.2) is 42.5 Å². The third kappa shape index (κ3) is 2.68. The summed E-state index contributed by atoms with van der Waals surface area (Å²) in [6.45, 7) is 3.17. The van der Waals surface area contributed by atoms with Crippen LogP contribution in [0.1, 0.15) is 36.0 Å². The molecule has 168 valence electrons. The minimum Gasteiger partial charge on any atom is -0.486 e. The molecule has 0 amide bonds. The molecule has 5 heteroatoms. The average Bonchev–Trinajstić information content (AvgIpc) is 3.02. The zero-order chi connectivity index (χ0) is 21.3. The van der Waals surface area contributed by atoms with E-state index in [1.165, 1.54) is 35.2 Å². The number of rotatable bonds is 3. The molecule has 2 aliphatic carbocycles. The molecule has 5 aliphatic rings. The number of para-hydroxylation sites is 1. The summed E-state index contributed by atoms with van der Waals surface area (Å²) < 4.78 is 19.6. The van der Waals surface area contributed by atoms with E-state index in [2.05, 4.69) is 59.7 Å². The van der Waals surface area contributed by atoms with Crippen molar-refractivity contribution in [2.45, 2.75) is 62.1 Å². The second-order valence-corrected chi connectivity index (χ2v) is 10.4. The first-order valence-electron chi connectivity index (χ1n) is 12.3. The summed E-state index contributed by atoms with van der Waals surface area (Å²) >= 11 is 0. The van der Waals surface area contributed by atoms with Crippen molar-refractivity contribution in [2.24, 2.45) is 5.92 Å². The van der Waals surface area contributed by atoms with E-state index >= 15 is 0 Å². The average molecular weight is 433 g/mol. The molecule has 0 aromatic heterocycles. The number of ether oxygens (including phenoxy) is 3. The van der Waals surface area contributed by atoms with Gasteiger partial charge in [0.2, 0.25) is 0 Å². The Kier molecular flexibility index (Phi) is 4.37. The van der Waals surface area contributed by atoms with Gasteiger partial charge in [-0.15, -0.1) is 0 Å². The number of hydrogen-bond acceptors (Lipinski definition) is 5. The lowest BCUT2D eigenvalue weighted by atomic mass is 9.51. The molecular weight excluding hydrogens is 400 g/mol. The number of piperidine rings is 1. The Labute approximate surface area is 190 Å². The molecular formula is C27H32N2O3. The van der Waals surface area contributed by atoms with Crippen LogP contribution in [-0.2, 0) is 27.9 Å². The second-order valence-electron chi connectivity index (χ2n) is 10.4. The van der Waals surface area contributed by atoms with Gasteiger partial charge in [0.05, 0.1) is 25.4 Å². The molecule has 2 aromatic rings. The number of likely N-dealkylation sites (N-methyl/N-ethyl adjacent to an activating group) is 1. The molecule has 1 unspecified atom stereocenters. The zero-order valence-electron chi connectivity index (χ0n) is 18.8. The van der Waals surface area contributed by atoms with Gasteiger partial charge in [0.1, 0.15) is 11.9 Å². The number of anilines is 1. The van der Waals surface area contributed by atoms with Crippen LogP contribution in [0.5, 0.6) is 5.75 Å². The van der Waals surface area contributed by atoms with Gasteiger partial charge in [-0.1, -0.05) is 30.3 Å². The van der Waals surface area contributed by atoms with Crippen molar-refractivity contribution in [1.82, 2.24) is 4.90 Å². The molecule has 2 aromatic carbocycles. The van der Waals surface area contributed by atoms with Crippen molar-refractivity contribution in [3.05, 3.63) is 59.2 Å². The number of hydrogen-bond donors (Lipinski definition) is 1. The van der Waals surface area contributed by atoms with Crippen LogP contribution in [-0.4, -0.2) is 56.0 Å².